The Morgan fingerprint density at radius 2 is 0.623 bits per heavy atom. The molecule has 77 heavy (non-hydrogen) atoms. The Morgan fingerprint density at radius 1 is 0.364 bits per heavy atom. The van der Waals surface area contributed by atoms with Gasteiger partial charge >= 0.3 is 164 Å². The number of benzene rings is 6. The number of carbonyl (C=O) groups is 2. The van der Waals surface area contributed by atoms with Crippen LogP contribution in [0.15, 0.2) is 158 Å². The van der Waals surface area contributed by atoms with Gasteiger partial charge in [0, 0.05) is 0 Å². The first kappa shape index (κ1) is 73.5. The quantitative estimate of drug-likeness (QED) is 0.0516. The van der Waals surface area contributed by atoms with Crippen LogP contribution in [0.2, 0.25) is 0 Å². The fraction of sp³-hybridized carbons (Fsp3) is 0.0256. The molecule has 0 spiro atoms. The molecule has 38 heteroatoms. The summed E-state index contributed by atoms with van der Waals surface area (Å²) in [5.74, 6) is -7.36. The van der Waals surface area contributed by atoms with E-state index in [1.54, 1.807) is 0 Å². The monoisotopic (exact) mass is 1270 g/mol. The van der Waals surface area contributed by atoms with Gasteiger partial charge in [-0.2, -0.15) is 20.5 Å². The van der Waals surface area contributed by atoms with Crippen LogP contribution in [0, 0.1) is 0 Å². The minimum Gasteiger partial charge on any atom is -0.871 e. The van der Waals surface area contributed by atoms with Crippen molar-refractivity contribution in [2.24, 2.45) is 40.9 Å². The molecule has 6 rings (SSSR count). The molecule has 0 amide bonds. The molecule has 6 aromatic carbocycles. The average molecular weight is 1270 g/mol. The molecule has 2 radical (unpaired) electrons. The predicted molar refractivity (Wildman–Crippen MR) is 222 cm³/mol. The Balaban J connectivity index is 0.00000963. The van der Waals surface area contributed by atoms with E-state index in [9.17, 15) is 92.1 Å². The first-order valence-electron chi connectivity index (χ1n) is 18.5. The summed E-state index contributed by atoms with van der Waals surface area (Å²) >= 11 is 0. The van der Waals surface area contributed by atoms with Crippen molar-refractivity contribution in [2.75, 3.05) is 0 Å². The summed E-state index contributed by atoms with van der Waals surface area (Å²) in [7, 11) is -21.3. The minimum atomic E-state index is -5.45. The maximum atomic E-state index is 12.6. The Bertz CT molecular complexity index is 3600. The molecule has 0 aliphatic rings. The second-order valence-corrected chi connectivity index (χ2v) is 19.4. The van der Waals surface area contributed by atoms with Crippen molar-refractivity contribution in [1.29, 1.82) is 0 Å². The molecule has 386 valence electrons. The first-order valence-corrected chi connectivity index (χ1v) is 24.2. The van der Waals surface area contributed by atoms with Crippen LogP contribution in [0.1, 0.15) is 31.8 Å². The normalized spacial score (nSPS) is 11.7. The van der Waals surface area contributed by atoms with Crippen molar-refractivity contribution in [1.82, 2.24) is 0 Å². The Kier molecular flexibility index (Phi) is 28.5. The third-order valence-electron chi connectivity index (χ3n) is 9.11. The third-order valence-corrected chi connectivity index (χ3v) is 12.5. The number of nitrogens with zero attached hydrogens (tertiary/aromatic N) is 8. The third kappa shape index (κ3) is 19.4. The van der Waals surface area contributed by atoms with Gasteiger partial charge < -0.3 is 48.9 Å². The summed E-state index contributed by atoms with van der Waals surface area (Å²) in [6, 6.07) is 12.7. The zero-order valence-corrected chi connectivity index (χ0v) is 52.2. The first-order chi connectivity index (χ1) is 33.0. The molecule has 0 atom stereocenters. The van der Waals surface area contributed by atoms with E-state index >= 15 is 0 Å². The Labute approximate surface area is 544 Å². The Hall–Kier alpha value is -3.46. The number of hydrogen-bond donors (Lipinski definition) is 2. The fourth-order valence-electron chi connectivity index (χ4n) is 5.83. The maximum absolute atomic E-state index is 12.6. The van der Waals surface area contributed by atoms with Crippen LogP contribution >= 0.6 is 0 Å². The maximum Gasteiger partial charge on any atom is 2.00 e. The molecule has 6 aromatic rings. The van der Waals surface area contributed by atoms with Gasteiger partial charge in [-0.1, -0.05) is 47.3 Å². The van der Waals surface area contributed by atoms with E-state index in [2.05, 4.69) is 40.9 Å². The number of rotatable bonds is 16. The molecule has 28 nitrogen and oxygen atoms in total. The van der Waals surface area contributed by atoms with Gasteiger partial charge in [-0.05, 0) is 90.3 Å². The fourth-order valence-corrected chi connectivity index (χ4v) is 8.24. The number of carboxylic acid groups (broad SMARTS) is 2. The number of carboxylic acids is 2. The molecule has 0 saturated carbocycles. The van der Waals surface area contributed by atoms with Crippen LogP contribution < -0.4 is 139 Å². The van der Waals surface area contributed by atoms with Crippen LogP contribution in [-0.2, 0) is 81.0 Å². The van der Waals surface area contributed by atoms with Crippen LogP contribution in [0.5, 0.6) is 23.0 Å². The van der Waals surface area contributed by atoms with Gasteiger partial charge in [-0.3, -0.25) is 0 Å². The second kappa shape index (κ2) is 29.8. The van der Waals surface area contributed by atoms with Crippen LogP contribution in [-0.4, -0.2) is 74.0 Å². The molecule has 2 N–H and O–H groups in total. The summed E-state index contributed by atoms with van der Waals surface area (Å²) < 4.78 is 138. The van der Waals surface area contributed by atoms with Crippen molar-refractivity contribution in [3.8, 4) is 23.0 Å². The van der Waals surface area contributed by atoms with Gasteiger partial charge in [-0.15, -0.1) is 20.5 Å². The molecule has 0 bridgehead atoms. The Morgan fingerprint density at radius 3 is 0.883 bits per heavy atom. The van der Waals surface area contributed by atoms with Crippen LogP contribution in [0.4, 0.5) is 45.5 Å². The summed E-state index contributed by atoms with van der Waals surface area (Å²) in [4.78, 5) is 19.8. The minimum absolute atomic E-state index is 0. The van der Waals surface area contributed by atoms with Crippen molar-refractivity contribution in [3.63, 3.8) is 0 Å². The molecule has 0 aromatic heterocycles. The molecular weight excluding hydrogens is 1250 g/mol. The van der Waals surface area contributed by atoms with Crippen LogP contribution in [0.3, 0.4) is 0 Å². The number of azo groups is 4. The van der Waals surface area contributed by atoms with Crippen molar-refractivity contribution < 1.29 is 244 Å². The van der Waals surface area contributed by atoms with E-state index in [-0.39, 0.29) is 193 Å². The molecule has 0 aliphatic carbocycles. The zero-order chi connectivity index (χ0) is 52.4. The molecule has 0 saturated heterocycles. The van der Waals surface area contributed by atoms with Gasteiger partial charge in [0.15, 0.2) is 0 Å². The van der Waals surface area contributed by atoms with E-state index in [0.29, 0.717) is 36.4 Å². The van der Waals surface area contributed by atoms with Gasteiger partial charge in [-0.25, -0.2) is 43.3 Å². The van der Waals surface area contributed by atoms with E-state index in [0.717, 1.165) is 36.4 Å². The van der Waals surface area contributed by atoms with Crippen LogP contribution in [0.25, 0.3) is 0 Å². The molecule has 0 fully saturated rings. The predicted octanol–water partition coefficient (Wildman–Crippen LogP) is -7.74. The zero-order valence-electron chi connectivity index (χ0n) is 39.0. The van der Waals surface area contributed by atoms with Crippen molar-refractivity contribution >= 4 is 97.9 Å². The number of aromatic carboxylic acids is 2. The average Bonchev–Trinajstić information content (AvgIpc) is 3.26. The summed E-state index contributed by atoms with van der Waals surface area (Å²) in [5, 5.41) is 99.0. The van der Waals surface area contributed by atoms with E-state index < -0.39 is 140 Å². The van der Waals surface area contributed by atoms with Gasteiger partial charge in [0.2, 0.25) is 0 Å². The van der Waals surface area contributed by atoms with E-state index in [1.807, 2.05) is 0 Å². The van der Waals surface area contributed by atoms with E-state index in [4.69, 9.17) is 0 Å². The summed E-state index contributed by atoms with van der Waals surface area (Å²) in [5.41, 5.74) is -5.28. The van der Waals surface area contributed by atoms with E-state index in [1.165, 1.54) is 12.1 Å². The van der Waals surface area contributed by atoms with Gasteiger partial charge in [0.25, 0.3) is 0 Å². The van der Waals surface area contributed by atoms with Crippen molar-refractivity contribution in [2.45, 2.75) is 26.0 Å². The largest absolute Gasteiger partial charge is 2.00 e. The molecule has 0 aliphatic heterocycles. The standard InChI is InChI=1S/C39H28N8O20S4.2Cu.4Na/c48-32-16-34(50)30(46-42-26-7-3-20(68(56,57)58)12-36(26)70(62,63)64)14-28(32)44-40-24-5-1-18(10-22(24)38(52)53)9-19-2-6-25(23(11-19)39(54)55)41-45-29-15-31(35(51)17-33(29)49)47-43-27-8-4-21(69(59,60)61)13-37(27)71(65,66)67;;;;;;/h1-8,10-17,48-51H,9H2,(H,52,53)(H,54,55)(H,56,57,58)(H,59,60,61)(H,62,63,64)(H,65,66,67);;;;;;/q;2*+2;4*+1/p-8. The smallest absolute Gasteiger partial charge is 0.871 e. The summed E-state index contributed by atoms with van der Waals surface area (Å²) in [6.07, 6.45) is -0.126. The summed E-state index contributed by atoms with van der Waals surface area (Å²) in [6.45, 7) is 0. The topological polar surface area (TPSA) is 495 Å². The van der Waals surface area contributed by atoms with Gasteiger partial charge in [0.1, 0.15) is 63.2 Å². The second-order valence-electron chi connectivity index (χ2n) is 13.9. The molecule has 0 unspecified atom stereocenters. The SMILES string of the molecule is O=C(O)c1cc(Cc2ccc(N=Nc3cc(N=Nc4ccc(S(=O)(=O)[O-])cc4S(=O)(=O)[O-])c([O-])cc3[O-])c(C(=O)O)c2)ccc1N=Nc1cc(N=Nc2ccc(S(=O)(=O)[O-])cc2S(=O)(=O)[O-])c([O-])cc1[O-].[Cu+2].[Cu+2].[Na+].[Na+].[Na+].[Na+]. The molecule has 0 heterocycles. The van der Waals surface area contributed by atoms with Crippen molar-refractivity contribution in [3.05, 3.63) is 119 Å². The van der Waals surface area contributed by atoms with Gasteiger partial charge in [0.05, 0.1) is 53.5 Å². The molecular formula is C39H20Cu2N8Na4O20S4. The number of hydrogen-bond acceptors (Lipinski definition) is 26.